The molecule has 3 rings (SSSR count). The molecule has 0 saturated heterocycles. The van der Waals surface area contributed by atoms with Crippen LogP contribution >= 0.6 is 0 Å². The molecule has 228 valence electrons. The van der Waals surface area contributed by atoms with Gasteiger partial charge in [-0.15, -0.1) is 0 Å². The van der Waals surface area contributed by atoms with Gasteiger partial charge in [-0.1, -0.05) is 24.3 Å². The van der Waals surface area contributed by atoms with Crippen molar-refractivity contribution in [3.05, 3.63) is 59.7 Å². The van der Waals surface area contributed by atoms with Crippen molar-refractivity contribution in [2.45, 2.75) is 61.0 Å². The fourth-order valence-corrected chi connectivity index (χ4v) is 6.01. The fourth-order valence-electron chi connectivity index (χ4n) is 4.94. The number of carbonyl (C=O) groups excluding carboxylic acids is 2. The molecule has 0 bridgehead atoms. The van der Waals surface area contributed by atoms with Gasteiger partial charge in [0.15, 0.2) is 5.75 Å². The van der Waals surface area contributed by atoms with Crippen LogP contribution in [0.3, 0.4) is 0 Å². The van der Waals surface area contributed by atoms with Gasteiger partial charge in [0.25, 0.3) is 5.91 Å². The van der Waals surface area contributed by atoms with Gasteiger partial charge < -0.3 is 19.3 Å². The predicted molar refractivity (Wildman–Crippen MR) is 170 cm³/mol. The molecule has 0 radical (unpaired) electrons. The van der Waals surface area contributed by atoms with Crippen molar-refractivity contribution < 1.29 is 27.5 Å². The molecule has 0 aliphatic heterocycles. The van der Waals surface area contributed by atoms with Gasteiger partial charge in [0, 0.05) is 42.6 Å². The van der Waals surface area contributed by atoms with Crippen LogP contribution in [0.25, 0.3) is 10.8 Å². The topological polar surface area (TPSA) is 96.5 Å². The lowest BCUT2D eigenvalue weighted by atomic mass is 10.0. The summed E-state index contributed by atoms with van der Waals surface area (Å²) in [7, 11) is -3.90. The lowest BCUT2D eigenvalue weighted by Gasteiger charge is -2.29. The zero-order valence-electron chi connectivity index (χ0n) is 26.1. The highest BCUT2D eigenvalue weighted by Gasteiger charge is 2.31. The average Bonchev–Trinajstić information content (AvgIpc) is 2.90. The summed E-state index contributed by atoms with van der Waals surface area (Å²) in [4.78, 5) is 30.5. The first-order valence-corrected chi connectivity index (χ1v) is 16.1. The van der Waals surface area contributed by atoms with E-state index in [9.17, 15) is 18.0 Å². The number of benzene rings is 3. The first-order valence-electron chi connectivity index (χ1n) is 14.3. The van der Waals surface area contributed by atoms with E-state index in [2.05, 4.69) is 18.7 Å². The zero-order valence-corrected chi connectivity index (χ0v) is 27.0. The SMILES string of the molecule is CCN(CC)C(=O)c1cc(N(c2ccc(N(CC)CC)cc2C)S(C)(=O)=O)c2ccccc2c1OC(=O)OC(C)(C)C. The molecular formula is C32H43N3O6S. The molecule has 0 fully saturated rings. The van der Waals surface area contributed by atoms with Crippen molar-refractivity contribution in [2.24, 2.45) is 0 Å². The van der Waals surface area contributed by atoms with Gasteiger partial charge in [-0.05, 0) is 85.2 Å². The van der Waals surface area contributed by atoms with Crippen LogP contribution in [0.1, 0.15) is 64.4 Å². The molecule has 3 aromatic rings. The molecule has 3 aromatic carbocycles. The number of ether oxygens (including phenoxy) is 2. The average molecular weight is 598 g/mol. The van der Waals surface area contributed by atoms with Crippen molar-refractivity contribution in [3.63, 3.8) is 0 Å². The highest BCUT2D eigenvalue weighted by atomic mass is 32.2. The standard InChI is InChI=1S/C32H43N3O6S/c1-10-33(11-2)23-18-19-27(22(5)20-23)35(42(9,38)39)28-21-26(30(36)34(12-3)13-4)29(25-17-15-14-16-24(25)28)40-31(37)41-32(6,7)8/h14-21H,10-13H2,1-9H3. The zero-order chi connectivity index (χ0) is 31.4. The van der Waals surface area contributed by atoms with E-state index in [1.165, 1.54) is 10.4 Å². The second-order valence-corrected chi connectivity index (χ2v) is 12.9. The maximum atomic E-state index is 13.9. The van der Waals surface area contributed by atoms with Crippen LogP contribution < -0.4 is 13.9 Å². The monoisotopic (exact) mass is 597 g/mol. The number of nitrogens with zero attached hydrogens (tertiary/aromatic N) is 3. The molecular weight excluding hydrogens is 554 g/mol. The number of aryl methyl sites for hydroxylation is 1. The van der Waals surface area contributed by atoms with Crippen molar-refractivity contribution in [1.82, 2.24) is 4.90 Å². The highest BCUT2D eigenvalue weighted by molar-refractivity contribution is 7.92. The fraction of sp³-hybridized carbons (Fsp3) is 0.438. The van der Waals surface area contributed by atoms with Crippen LogP contribution in [0, 0.1) is 6.92 Å². The summed E-state index contributed by atoms with van der Waals surface area (Å²) in [6.45, 7) is 17.3. The quantitative estimate of drug-likeness (QED) is 0.185. The van der Waals surface area contributed by atoms with Crippen molar-refractivity contribution in [1.29, 1.82) is 0 Å². The number of hydrogen-bond donors (Lipinski definition) is 0. The third-order valence-corrected chi connectivity index (χ3v) is 7.96. The number of amides is 1. The number of rotatable bonds is 10. The lowest BCUT2D eigenvalue weighted by Crippen LogP contribution is -2.32. The summed E-state index contributed by atoms with van der Waals surface area (Å²) >= 11 is 0. The highest BCUT2D eigenvalue weighted by Crippen LogP contribution is 2.43. The third-order valence-electron chi connectivity index (χ3n) is 6.91. The minimum Gasteiger partial charge on any atom is -0.428 e. The first-order chi connectivity index (χ1) is 19.7. The molecule has 0 aliphatic carbocycles. The van der Waals surface area contributed by atoms with Crippen LogP contribution in [0.5, 0.6) is 5.75 Å². The van der Waals surface area contributed by atoms with Crippen LogP contribution in [0.2, 0.25) is 0 Å². The summed E-state index contributed by atoms with van der Waals surface area (Å²) in [5.74, 6) is -0.379. The molecule has 0 unspecified atom stereocenters. The number of carbonyl (C=O) groups is 2. The summed E-state index contributed by atoms with van der Waals surface area (Å²) in [6, 6.07) is 14.1. The molecule has 0 spiro atoms. The maximum absolute atomic E-state index is 13.9. The third kappa shape index (κ3) is 7.15. The van der Waals surface area contributed by atoms with Gasteiger partial charge >= 0.3 is 6.16 Å². The van der Waals surface area contributed by atoms with E-state index >= 15 is 0 Å². The number of fused-ring (bicyclic) bond motifs is 1. The van der Waals surface area contributed by atoms with E-state index in [1.54, 1.807) is 56.0 Å². The first kappa shape index (κ1) is 32.7. The van der Waals surface area contributed by atoms with Crippen LogP contribution in [-0.2, 0) is 14.8 Å². The smallest absolute Gasteiger partial charge is 0.428 e. The Balaban J connectivity index is 2.38. The van der Waals surface area contributed by atoms with E-state index in [1.807, 2.05) is 32.9 Å². The summed E-state index contributed by atoms with van der Waals surface area (Å²) in [6.07, 6.45) is 0.174. The molecule has 0 N–H and O–H groups in total. The van der Waals surface area contributed by atoms with Crippen molar-refractivity contribution in [2.75, 3.05) is 41.6 Å². The van der Waals surface area contributed by atoms with Crippen LogP contribution in [0.4, 0.5) is 21.9 Å². The Morgan fingerprint density at radius 2 is 1.43 bits per heavy atom. The second kappa shape index (κ2) is 13.0. The Kier molecular flexibility index (Phi) is 10.1. The largest absolute Gasteiger partial charge is 0.514 e. The molecule has 0 atom stereocenters. The Morgan fingerprint density at radius 3 is 1.93 bits per heavy atom. The van der Waals surface area contributed by atoms with E-state index in [0.29, 0.717) is 29.5 Å². The molecule has 0 saturated carbocycles. The van der Waals surface area contributed by atoms with E-state index in [-0.39, 0.29) is 17.0 Å². The van der Waals surface area contributed by atoms with Gasteiger partial charge in [0.05, 0.1) is 23.2 Å². The van der Waals surface area contributed by atoms with Gasteiger partial charge in [-0.2, -0.15) is 0 Å². The van der Waals surface area contributed by atoms with Gasteiger partial charge in [-0.25, -0.2) is 17.5 Å². The van der Waals surface area contributed by atoms with Crippen LogP contribution in [-0.4, -0.2) is 63.4 Å². The summed E-state index contributed by atoms with van der Waals surface area (Å²) < 4.78 is 39.4. The molecule has 42 heavy (non-hydrogen) atoms. The Morgan fingerprint density at radius 1 is 0.833 bits per heavy atom. The molecule has 9 nitrogen and oxygen atoms in total. The van der Waals surface area contributed by atoms with E-state index < -0.39 is 27.7 Å². The Labute approximate surface area is 250 Å². The minimum absolute atomic E-state index is 0.0163. The van der Waals surface area contributed by atoms with Crippen molar-refractivity contribution >= 4 is 49.9 Å². The van der Waals surface area contributed by atoms with E-state index in [4.69, 9.17) is 9.47 Å². The van der Waals surface area contributed by atoms with Crippen LogP contribution in [0.15, 0.2) is 48.5 Å². The van der Waals surface area contributed by atoms with Gasteiger partial charge in [0.1, 0.15) is 5.60 Å². The minimum atomic E-state index is -3.90. The van der Waals surface area contributed by atoms with Gasteiger partial charge in [0.2, 0.25) is 10.0 Å². The Bertz CT molecular complexity index is 1550. The number of anilines is 3. The number of hydrogen-bond acceptors (Lipinski definition) is 7. The number of sulfonamides is 1. The molecule has 0 heterocycles. The molecule has 10 heteroatoms. The maximum Gasteiger partial charge on any atom is 0.514 e. The second-order valence-electron chi connectivity index (χ2n) is 11.0. The van der Waals surface area contributed by atoms with Crippen molar-refractivity contribution in [3.8, 4) is 5.75 Å². The summed E-state index contributed by atoms with van der Waals surface area (Å²) in [5.41, 5.74) is 1.71. The molecule has 0 aromatic heterocycles. The van der Waals surface area contributed by atoms with Gasteiger partial charge in [-0.3, -0.25) is 4.79 Å². The van der Waals surface area contributed by atoms with E-state index in [0.717, 1.165) is 30.6 Å². The lowest BCUT2D eigenvalue weighted by molar-refractivity contribution is 0.0207. The molecule has 0 aliphatic rings. The molecule has 1 amide bonds. The Hall–Kier alpha value is -3.79. The summed E-state index contributed by atoms with van der Waals surface area (Å²) in [5, 5.41) is 0.896. The predicted octanol–water partition coefficient (Wildman–Crippen LogP) is 6.89. The normalized spacial score (nSPS) is 11.7.